The quantitative estimate of drug-likeness (QED) is 0.296. The predicted octanol–water partition coefficient (Wildman–Crippen LogP) is 8.12. The molecule has 0 saturated heterocycles. The molecule has 1 aliphatic heterocycles. The molecule has 0 unspecified atom stereocenters. The van der Waals surface area contributed by atoms with E-state index in [-0.39, 0.29) is 0 Å². The van der Waals surface area contributed by atoms with Crippen molar-refractivity contribution in [2.45, 2.75) is 27.7 Å². The predicted molar refractivity (Wildman–Crippen MR) is 152 cm³/mol. The highest BCUT2D eigenvalue weighted by Crippen LogP contribution is 2.52. The van der Waals surface area contributed by atoms with Gasteiger partial charge in [0.05, 0.1) is 37.0 Å². The monoisotopic (exact) mass is 478 g/mol. The van der Waals surface area contributed by atoms with Crippen LogP contribution in [0.2, 0.25) is 0 Å². The van der Waals surface area contributed by atoms with E-state index in [0.717, 1.165) is 11.5 Å². The summed E-state index contributed by atoms with van der Waals surface area (Å²) >= 11 is 0. The number of fused-ring (bicyclic) bond motifs is 2. The highest BCUT2D eigenvalue weighted by atomic mass is 16.5. The largest absolute Gasteiger partial charge is 0.497 e. The van der Waals surface area contributed by atoms with Crippen molar-refractivity contribution in [3.8, 4) is 33.8 Å². The highest BCUT2D eigenvalue weighted by molar-refractivity contribution is 5.99. The fourth-order valence-corrected chi connectivity index (χ4v) is 5.64. The lowest BCUT2D eigenvalue weighted by molar-refractivity contribution is 0.414. The molecule has 0 spiro atoms. The first kappa shape index (κ1) is 23.8. The lowest BCUT2D eigenvalue weighted by Gasteiger charge is -2.39. The number of hydrogen-bond donors (Lipinski definition) is 0. The van der Waals surface area contributed by atoms with Gasteiger partial charge in [0.2, 0.25) is 0 Å². The summed E-state index contributed by atoms with van der Waals surface area (Å²) < 4.78 is 10.9. The van der Waals surface area contributed by atoms with Gasteiger partial charge in [-0.3, -0.25) is 0 Å². The highest BCUT2D eigenvalue weighted by Gasteiger charge is 2.29. The Labute approximate surface area is 214 Å². The molecule has 0 aliphatic carbocycles. The van der Waals surface area contributed by atoms with E-state index in [1.807, 2.05) is 12.1 Å². The van der Waals surface area contributed by atoms with Crippen LogP contribution in [0.4, 0.5) is 22.7 Å². The normalized spacial score (nSPS) is 12.3. The maximum atomic E-state index is 5.44. The van der Waals surface area contributed by atoms with Crippen molar-refractivity contribution in [3.05, 3.63) is 82.9 Å². The molecule has 5 rings (SSSR count). The molecule has 0 atom stereocenters. The van der Waals surface area contributed by atoms with Crippen molar-refractivity contribution < 1.29 is 9.47 Å². The van der Waals surface area contributed by atoms with Gasteiger partial charge in [0.1, 0.15) is 11.5 Å². The summed E-state index contributed by atoms with van der Waals surface area (Å²) in [5, 5.41) is 0. The van der Waals surface area contributed by atoms with Crippen LogP contribution in [0.3, 0.4) is 0 Å². The van der Waals surface area contributed by atoms with Gasteiger partial charge in [-0.05, 0) is 115 Å². The van der Waals surface area contributed by atoms with Crippen LogP contribution in [0.5, 0.6) is 11.5 Å². The maximum absolute atomic E-state index is 5.44. The molecule has 0 bridgehead atoms. The number of methoxy groups -OCH3 is 2. The smallest absolute Gasteiger partial charge is 0.119 e. The standard InChI is InChI=1S/C32H34N2O2/c1-19-15-24(35-7)10-12-26(19)23-9-14-29-30(18-23)34(6)31-21(3)17-28(22(4)32(31)33(29)5)27-13-11-25(36-8)16-20(27)2/h9-18H,1-8H3. The van der Waals surface area contributed by atoms with Crippen molar-refractivity contribution >= 4 is 22.7 Å². The number of hydrogen-bond acceptors (Lipinski definition) is 4. The van der Waals surface area contributed by atoms with Crippen molar-refractivity contribution in [3.63, 3.8) is 0 Å². The lowest BCUT2D eigenvalue weighted by atomic mass is 9.90. The molecule has 0 radical (unpaired) electrons. The summed E-state index contributed by atoms with van der Waals surface area (Å²) in [5.41, 5.74) is 14.8. The van der Waals surface area contributed by atoms with Gasteiger partial charge in [-0.2, -0.15) is 0 Å². The summed E-state index contributed by atoms with van der Waals surface area (Å²) in [5.74, 6) is 1.77. The average molecular weight is 479 g/mol. The van der Waals surface area contributed by atoms with Crippen LogP contribution >= 0.6 is 0 Å². The first-order valence-corrected chi connectivity index (χ1v) is 12.3. The minimum Gasteiger partial charge on any atom is -0.497 e. The molecule has 184 valence electrons. The van der Waals surface area contributed by atoms with E-state index in [1.165, 1.54) is 67.3 Å². The Balaban J connectivity index is 1.63. The Hall–Kier alpha value is -3.92. The fourth-order valence-electron chi connectivity index (χ4n) is 5.64. The minimum absolute atomic E-state index is 0.883. The average Bonchev–Trinajstić information content (AvgIpc) is 2.88. The zero-order chi connectivity index (χ0) is 25.7. The van der Waals surface area contributed by atoms with Gasteiger partial charge < -0.3 is 19.3 Å². The van der Waals surface area contributed by atoms with E-state index in [1.54, 1.807) is 14.2 Å². The Morgan fingerprint density at radius 1 is 0.528 bits per heavy atom. The van der Waals surface area contributed by atoms with E-state index >= 15 is 0 Å². The molecular formula is C32H34N2O2. The molecular weight excluding hydrogens is 444 g/mol. The summed E-state index contributed by atoms with van der Waals surface area (Å²) in [6.45, 7) is 8.74. The topological polar surface area (TPSA) is 24.9 Å². The molecule has 0 N–H and O–H groups in total. The molecule has 0 saturated carbocycles. The summed E-state index contributed by atoms with van der Waals surface area (Å²) in [4.78, 5) is 4.69. The van der Waals surface area contributed by atoms with E-state index in [0.29, 0.717) is 0 Å². The Kier molecular flexibility index (Phi) is 5.91. The second-order valence-electron chi connectivity index (χ2n) is 9.75. The van der Waals surface area contributed by atoms with Crippen LogP contribution in [-0.4, -0.2) is 28.3 Å². The Bertz CT molecular complexity index is 1490. The van der Waals surface area contributed by atoms with Crippen LogP contribution in [0, 0.1) is 27.7 Å². The number of rotatable bonds is 4. The molecule has 1 aliphatic rings. The number of ether oxygens (including phenoxy) is 2. The number of aryl methyl sites for hydroxylation is 3. The van der Waals surface area contributed by atoms with Crippen molar-refractivity contribution in [2.75, 3.05) is 38.1 Å². The molecule has 4 aromatic carbocycles. The van der Waals surface area contributed by atoms with Gasteiger partial charge in [-0.25, -0.2) is 0 Å². The van der Waals surface area contributed by atoms with Crippen LogP contribution in [-0.2, 0) is 0 Å². The van der Waals surface area contributed by atoms with Crippen molar-refractivity contribution in [1.29, 1.82) is 0 Å². The third-order valence-corrected chi connectivity index (χ3v) is 7.56. The van der Waals surface area contributed by atoms with Gasteiger partial charge in [0.25, 0.3) is 0 Å². The zero-order valence-electron chi connectivity index (χ0n) is 22.5. The van der Waals surface area contributed by atoms with E-state index in [2.05, 4.69) is 100 Å². The molecule has 4 heteroatoms. The number of nitrogens with zero attached hydrogens (tertiary/aromatic N) is 2. The third-order valence-electron chi connectivity index (χ3n) is 7.56. The van der Waals surface area contributed by atoms with Crippen LogP contribution < -0.4 is 19.3 Å². The fraction of sp³-hybridized carbons (Fsp3) is 0.250. The SMILES string of the molecule is COc1ccc(-c2ccc3c(c2)N(C)c2c(C)cc(-c4ccc(OC)cc4C)c(C)c2N3C)c(C)c1. The maximum Gasteiger partial charge on any atom is 0.119 e. The lowest BCUT2D eigenvalue weighted by Crippen LogP contribution is -2.26. The summed E-state index contributed by atoms with van der Waals surface area (Å²) in [7, 11) is 7.79. The Morgan fingerprint density at radius 2 is 1.11 bits per heavy atom. The second kappa shape index (κ2) is 8.94. The molecule has 1 heterocycles. The molecule has 36 heavy (non-hydrogen) atoms. The van der Waals surface area contributed by atoms with Crippen molar-refractivity contribution in [1.82, 2.24) is 0 Å². The van der Waals surface area contributed by atoms with Gasteiger partial charge in [0.15, 0.2) is 0 Å². The second-order valence-corrected chi connectivity index (χ2v) is 9.75. The van der Waals surface area contributed by atoms with E-state index in [4.69, 9.17) is 9.47 Å². The zero-order valence-corrected chi connectivity index (χ0v) is 22.5. The van der Waals surface area contributed by atoms with E-state index in [9.17, 15) is 0 Å². The van der Waals surface area contributed by atoms with Crippen LogP contribution in [0.25, 0.3) is 22.3 Å². The van der Waals surface area contributed by atoms with E-state index < -0.39 is 0 Å². The van der Waals surface area contributed by atoms with Crippen LogP contribution in [0.1, 0.15) is 22.3 Å². The molecule has 0 amide bonds. The third kappa shape index (κ3) is 3.69. The molecule has 0 aromatic heterocycles. The van der Waals surface area contributed by atoms with Crippen LogP contribution in [0.15, 0.2) is 60.7 Å². The number of benzene rings is 4. The summed E-state index contributed by atoms with van der Waals surface area (Å²) in [6.07, 6.45) is 0. The van der Waals surface area contributed by atoms with Gasteiger partial charge >= 0.3 is 0 Å². The number of anilines is 4. The van der Waals surface area contributed by atoms with Crippen molar-refractivity contribution in [2.24, 2.45) is 0 Å². The molecule has 4 aromatic rings. The first-order valence-electron chi connectivity index (χ1n) is 12.3. The summed E-state index contributed by atoms with van der Waals surface area (Å²) in [6, 6.07) is 21.7. The minimum atomic E-state index is 0.883. The van der Waals surface area contributed by atoms with Gasteiger partial charge in [-0.1, -0.05) is 18.2 Å². The molecule has 4 nitrogen and oxygen atoms in total. The first-order chi connectivity index (χ1) is 17.2. The van der Waals surface area contributed by atoms with Gasteiger partial charge in [-0.15, -0.1) is 0 Å². The Morgan fingerprint density at radius 3 is 1.69 bits per heavy atom. The molecule has 0 fully saturated rings. The van der Waals surface area contributed by atoms with Gasteiger partial charge in [0, 0.05) is 14.1 Å².